The van der Waals surface area contributed by atoms with E-state index in [2.05, 4.69) is 17.3 Å². The Hall–Kier alpha value is -1.81. The maximum absolute atomic E-state index is 12.2. The molecule has 0 bridgehead atoms. The maximum atomic E-state index is 12.2. The molecule has 0 spiro atoms. The van der Waals surface area contributed by atoms with Crippen LogP contribution >= 0.6 is 11.6 Å². The average Bonchev–Trinajstić information content (AvgIpc) is 3.19. The molecule has 1 atom stereocenters. The largest absolute Gasteiger partial charge is 0.307 e. The van der Waals surface area contributed by atoms with Gasteiger partial charge in [-0.3, -0.25) is 4.79 Å². The average molecular weight is 290 g/mol. The summed E-state index contributed by atoms with van der Waals surface area (Å²) in [7, 11) is 0. The molecule has 1 amide bonds. The van der Waals surface area contributed by atoms with Crippen LogP contribution in [0.4, 0.5) is 5.82 Å². The number of nitrogens with one attached hydrogen (secondary N) is 1. The number of anilines is 1. The van der Waals surface area contributed by atoms with Gasteiger partial charge >= 0.3 is 0 Å². The van der Waals surface area contributed by atoms with Crippen molar-refractivity contribution in [3.8, 4) is 0 Å². The van der Waals surface area contributed by atoms with Crippen LogP contribution in [0.3, 0.4) is 0 Å². The van der Waals surface area contributed by atoms with E-state index in [1.165, 1.54) is 12.8 Å². The van der Waals surface area contributed by atoms with Crippen LogP contribution < -0.4 is 5.32 Å². The lowest BCUT2D eigenvalue weighted by Gasteiger charge is -2.15. The fraction of sp³-hybridized carbons (Fsp3) is 0.333. The first kappa shape index (κ1) is 13.2. The summed E-state index contributed by atoms with van der Waals surface area (Å²) in [5, 5.41) is 7.85. The van der Waals surface area contributed by atoms with Crippen LogP contribution in [0.15, 0.2) is 36.5 Å². The van der Waals surface area contributed by atoms with Gasteiger partial charge in [0.25, 0.3) is 5.91 Å². The molecule has 1 aliphatic carbocycles. The molecule has 0 aliphatic heterocycles. The number of carbonyl (C=O) groups excluding carboxylic acids is 1. The Morgan fingerprint density at radius 1 is 1.35 bits per heavy atom. The summed E-state index contributed by atoms with van der Waals surface area (Å²) >= 11 is 5.82. The Labute approximate surface area is 122 Å². The molecule has 1 heterocycles. The molecule has 3 rings (SSSR count). The molecule has 1 aromatic heterocycles. The first-order valence-corrected chi connectivity index (χ1v) is 7.13. The summed E-state index contributed by atoms with van der Waals surface area (Å²) in [6.07, 6.45) is 4.20. The van der Waals surface area contributed by atoms with E-state index in [0.717, 1.165) is 5.82 Å². The molecule has 0 radical (unpaired) electrons. The standard InChI is InChI=1S/C15H16ClN3O/c1-10(11-2-3-11)19-14(8-9-17-19)18-15(20)12-4-6-13(16)7-5-12/h4-11H,2-3H2,1H3,(H,18,20)/t10-/m1/s1. The molecule has 0 unspecified atom stereocenters. The smallest absolute Gasteiger partial charge is 0.256 e. The molecule has 5 heteroatoms. The fourth-order valence-corrected chi connectivity index (χ4v) is 2.43. The minimum absolute atomic E-state index is 0.147. The molecule has 20 heavy (non-hydrogen) atoms. The number of benzene rings is 1. The van der Waals surface area contributed by atoms with Gasteiger partial charge < -0.3 is 5.32 Å². The first-order valence-electron chi connectivity index (χ1n) is 6.75. The van der Waals surface area contributed by atoms with Crippen LogP contribution in [0.2, 0.25) is 5.02 Å². The molecule has 4 nitrogen and oxygen atoms in total. The zero-order valence-electron chi connectivity index (χ0n) is 11.2. The minimum atomic E-state index is -0.147. The third-order valence-electron chi connectivity index (χ3n) is 3.71. The Bertz CT molecular complexity index is 616. The van der Waals surface area contributed by atoms with Crippen molar-refractivity contribution in [2.75, 3.05) is 5.32 Å². The highest BCUT2D eigenvalue weighted by molar-refractivity contribution is 6.30. The fourth-order valence-electron chi connectivity index (χ4n) is 2.31. The van der Waals surface area contributed by atoms with E-state index in [0.29, 0.717) is 22.5 Å². The number of nitrogens with zero attached hydrogens (tertiary/aromatic N) is 2. The highest BCUT2D eigenvalue weighted by atomic mass is 35.5. The van der Waals surface area contributed by atoms with Gasteiger partial charge in [0.2, 0.25) is 0 Å². The Morgan fingerprint density at radius 2 is 2.05 bits per heavy atom. The summed E-state index contributed by atoms with van der Waals surface area (Å²) in [5.74, 6) is 1.27. The molecule has 104 valence electrons. The van der Waals surface area contributed by atoms with Gasteiger partial charge in [-0.05, 0) is 49.9 Å². The van der Waals surface area contributed by atoms with Crippen LogP contribution in [-0.2, 0) is 0 Å². The summed E-state index contributed by atoms with van der Waals surface area (Å²) < 4.78 is 1.89. The van der Waals surface area contributed by atoms with Crippen LogP contribution in [0.25, 0.3) is 0 Å². The van der Waals surface area contributed by atoms with Gasteiger partial charge in [0, 0.05) is 16.7 Å². The van der Waals surface area contributed by atoms with Crippen molar-refractivity contribution in [2.45, 2.75) is 25.8 Å². The van der Waals surface area contributed by atoms with Gasteiger partial charge in [0.15, 0.2) is 0 Å². The van der Waals surface area contributed by atoms with Gasteiger partial charge in [-0.2, -0.15) is 5.10 Å². The van der Waals surface area contributed by atoms with Gasteiger partial charge in [-0.25, -0.2) is 4.68 Å². The van der Waals surface area contributed by atoms with Crippen molar-refractivity contribution in [1.29, 1.82) is 0 Å². The van der Waals surface area contributed by atoms with Crippen molar-refractivity contribution < 1.29 is 4.79 Å². The molecule has 1 aliphatic rings. The zero-order chi connectivity index (χ0) is 14.1. The lowest BCUT2D eigenvalue weighted by atomic mass is 10.2. The molecule has 1 aromatic carbocycles. The predicted octanol–water partition coefficient (Wildman–Crippen LogP) is 3.76. The van der Waals surface area contributed by atoms with E-state index in [1.807, 2.05) is 10.7 Å². The monoisotopic (exact) mass is 289 g/mol. The van der Waals surface area contributed by atoms with Crippen LogP contribution in [0, 0.1) is 5.92 Å². The van der Waals surface area contributed by atoms with Crippen molar-refractivity contribution >= 4 is 23.3 Å². The summed E-state index contributed by atoms with van der Waals surface area (Å²) in [5.41, 5.74) is 0.584. The highest BCUT2D eigenvalue weighted by Crippen LogP contribution is 2.40. The molecule has 2 aromatic rings. The van der Waals surface area contributed by atoms with Gasteiger partial charge in [0.1, 0.15) is 5.82 Å². The van der Waals surface area contributed by atoms with Crippen LogP contribution in [-0.4, -0.2) is 15.7 Å². The second kappa shape index (κ2) is 5.29. The van der Waals surface area contributed by atoms with Crippen LogP contribution in [0.5, 0.6) is 0 Å². The van der Waals surface area contributed by atoms with Gasteiger partial charge in [0.05, 0.1) is 12.2 Å². The molecule has 0 saturated heterocycles. The Balaban J connectivity index is 1.76. The zero-order valence-corrected chi connectivity index (χ0v) is 12.0. The van der Waals surface area contributed by atoms with E-state index in [-0.39, 0.29) is 5.91 Å². The van der Waals surface area contributed by atoms with E-state index < -0.39 is 0 Å². The SMILES string of the molecule is C[C@H](C1CC1)n1nccc1NC(=O)c1ccc(Cl)cc1. The normalized spacial score (nSPS) is 15.9. The number of amides is 1. The predicted molar refractivity (Wildman–Crippen MR) is 79.1 cm³/mol. The number of rotatable bonds is 4. The first-order chi connectivity index (χ1) is 9.65. The summed E-state index contributed by atoms with van der Waals surface area (Å²) in [6, 6.07) is 8.99. The maximum Gasteiger partial charge on any atom is 0.256 e. The van der Waals surface area contributed by atoms with E-state index in [9.17, 15) is 4.79 Å². The quantitative estimate of drug-likeness (QED) is 0.931. The van der Waals surface area contributed by atoms with E-state index >= 15 is 0 Å². The molecular formula is C15H16ClN3O. The second-order valence-corrected chi connectivity index (χ2v) is 5.64. The van der Waals surface area contributed by atoms with Crippen molar-refractivity contribution in [3.05, 3.63) is 47.1 Å². The van der Waals surface area contributed by atoms with E-state index in [4.69, 9.17) is 11.6 Å². The third kappa shape index (κ3) is 2.70. The van der Waals surface area contributed by atoms with Crippen molar-refractivity contribution in [3.63, 3.8) is 0 Å². The van der Waals surface area contributed by atoms with Crippen molar-refractivity contribution in [2.24, 2.45) is 5.92 Å². The van der Waals surface area contributed by atoms with Crippen molar-refractivity contribution in [1.82, 2.24) is 9.78 Å². The lowest BCUT2D eigenvalue weighted by molar-refractivity contribution is 0.102. The summed E-state index contributed by atoms with van der Waals surface area (Å²) in [6.45, 7) is 2.14. The minimum Gasteiger partial charge on any atom is -0.307 e. The Morgan fingerprint density at radius 3 is 2.70 bits per heavy atom. The number of halogens is 1. The molecular weight excluding hydrogens is 274 g/mol. The number of hydrogen-bond donors (Lipinski definition) is 1. The highest BCUT2D eigenvalue weighted by Gasteiger charge is 2.30. The van der Waals surface area contributed by atoms with Crippen LogP contribution in [0.1, 0.15) is 36.2 Å². The summed E-state index contributed by atoms with van der Waals surface area (Å²) in [4.78, 5) is 12.2. The second-order valence-electron chi connectivity index (χ2n) is 5.20. The molecule has 1 saturated carbocycles. The van der Waals surface area contributed by atoms with Gasteiger partial charge in [-0.15, -0.1) is 0 Å². The van der Waals surface area contributed by atoms with Gasteiger partial charge in [-0.1, -0.05) is 11.6 Å². The number of hydrogen-bond acceptors (Lipinski definition) is 2. The van der Waals surface area contributed by atoms with E-state index in [1.54, 1.807) is 30.5 Å². The molecule has 1 fully saturated rings. The molecule has 1 N–H and O–H groups in total. The lowest BCUT2D eigenvalue weighted by Crippen LogP contribution is -2.18. The topological polar surface area (TPSA) is 46.9 Å². The number of aromatic nitrogens is 2. The third-order valence-corrected chi connectivity index (χ3v) is 3.96. The Kier molecular flexibility index (Phi) is 3.49. The number of carbonyl (C=O) groups is 1.